The van der Waals surface area contributed by atoms with Gasteiger partial charge in [-0.15, -0.1) is 0 Å². The predicted molar refractivity (Wildman–Crippen MR) is 49.0 cm³/mol. The summed E-state index contributed by atoms with van der Waals surface area (Å²) in [6, 6.07) is 0.452. The van der Waals surface area contributed by atoms with Gasteiger partial charge in [0.05, 0.1) is 0 Å². The molecule has 1 unspecified atom stereocenters. The Morgan fingerprint density at radius 3 is 2.73 bits per heavy atom. The number of nitrogens with zero attached hydrogens (tertiary/aromatic N) is 1. The van der Waals surface area contributed by atoms with Crippen molar-refractivity contribution < 1.29 is 4.79 Å². The van der Waals surface area contributed by atoms with Crippen LogP contribution in [0.2, 0.25) is 0 Å². The van der Waals surface area contributed by atoms with Gasteiger partial charge in [-0.3, -0.25) is 4.90 Å². The zero-order valence-electron chi connectivity index (χ0n) is 6.95. The highest BCUT2D eigenvalue weighted by atomic mass is 32.2. The molecular formula is C8H15NOS. The highest BCUT2D eigenvalue weighted by Gasteiger charge is 2.15. The fourth-order valence-corrected chi connectivity index (χ4v) is 2.24. The second kappa shape index (κ2) is 4.78. The summed E-state index contributed by atoms with van der Waals surface area (Å²) < 4.78 is 0. The van der Waals surface area contributed by atoms with Crippen molar-refractivity contribution in [1.29, 1.82) is 0 Å². The largest absolute Gasteiger partial charge is 0.303 e. The summed E-state index contributed by atoms with van der Waals surface area (Å²) in [5, 5.41) is 0. The van der Waals surface area contributed by atoms with Crippen LogP contribution in [-0.4, -0.2) is 41.8 Å². The molecule has 0 N–H and O–H groups in total. The molecule has 0 aromatic rings. The molecular weight excluding hydrogens is 158 g/mol. The Hall–Kier alpha value is -0.0200. The van der Waals surface area contributed by atoms with E-state index in [0.29, 0.717) is 12.5 Å². The molecule has 0 radical (unpaired) electrons. The normalized spacial score (nSPS) is 23.0. The van der Waals surface area contributed by atoms with Gasteiger partial charge in [-0.1, -0.05) is 0 Å². The molecule has 0 spiro atoms. The van der Waals surface area contributed by atoms with Gasteiger partial charge in [-0.2, -0.15) is 11.8 Å². The van der Waals surface area contributed by atoms with Crippen molar-refractivity contribution in [2.45, 2.75) is 19.4 Å². The van der Waals surface area contributed by atoms with E-state index in [9.17, 15) is 4.79 Å². The monoisotopic (exact) mass is 173 g/mol. The number of carbonyl (C=O) groups excluding carboxylic acids is 1. The van der Waals surface area contributed by atoms with Crippen LogP contribution in [0.5, 0.6) is 0 Å². The molecule has 1 rings (SSSR count). The van der Waals surface area contributed by atoms with Crippen LogP contribution in [0.3, 0.4) is 0 Å². The molecule has 0 amide bonds. The molecule has 0 aromatic carbocycles. The number of aldehydes is 1. The summed E-state index contributed by atoms with van der Waals surface area (Å²) in [6.07, 6.45) is 1.71. The maximum atomic E-state index is 10.2. The molecule has 0 aromatic heterocycles. The molecule has 11 heavy (non-hydrogen) atoms. The summed E-state index contributed by atoms with van der Waals surface area (Å²) in [4.78, 5) is 12.6. The van der Waals surface area contributed by atoms with Crippen molar-refractivity contribution in [3.05, 3.63) is 0 Å². The average Bonchev–Trinajstić information content (AvgIpc) is 2.07. The highest BCUT2D eigenvalue weighted by molar-refractivity contribution is 7.99. The topological polar surface area (TPSA) is 20.3 Å². The van der Waals surface area contributed by atoms with Crippen LogP contribution >= 0.6 is 11.8 Å². The molecule has 1 saturated heterocycles. The summed E-state index contributed by atoms with van der Waals surface area (Å²) in [6.45, 7) is 4.43. The first-order valence-electron chi connectivity index (χ1n) is 4.10. The van der Waals surface area contributed by atoms with Gasteiger partial charge < -0.3 is 4.79 Å². The van der Waals surface area contributed by atoms with Crippen LogP contribution in [0.15, 0.2) is 0 Å². The third-order valence-corrected chi connectivity index (χ3v) is 3.05. The maximum absolute atomic E-state index is 10.2. The minimum Gasteiger partial charge on any atom is -0.303 e. The number of hydrogen-bond donors (Lipinski definition) is 0. The summed E-state index contributed by atoms with van der Waals surface area (Å²) in [7, 11) is 0. The molecule has 1 aliphatic heterocycles. The van der Waals surface area contributed by atoms with Crippen molar-refractivity contribution in [2.75, 3.05) is 24.6 Å². The van der Waals surface area contributed by atoms with E-state index in [2.05, 4.69) is 11.8 Å². The van der Waals surface area contributed by atoms with Gasteiger partial charge in [0.15, 0.2) is 0 Å². The minimum absolute atomic E-state index is 0.452. The number of carbonyl (C=O) groups is 1. The third-order valence-electron chi connectivity index (χ3n) is 2.11. The summed E-state index contributed by atoms with van der Waals surface area (Å²) >= 11 is 2.00. The Bertz CT molecular complexity index is 123. The van der Waals surface area contributed by atoms with Crippen molar-refractivity contribution in [3.8, 4) is 0 Å². The van der Waals surface area contributed by atoms with Crippen LogP contribution in [0.1, 0.15) is 13.3 Å². The lowest BCUT2D eigenvalue weighted by atomic mass is 10.2. The average molecular weight is 173 g/mol. The van der Waals surface area contributed by atoms with E-state index in [1.165, 1.54) is 11.5 Å². The Balaban J connectivity index is 2.26. The smallest absolute Gasteiger partial charge is 0.121 e. The van der Waals surface area contributed by atoms with Crippen molar-refractivity contribution >= 4 is 18.0 Å². The fraction of sp³-hybridized carbons (Fsp3) is 0.875. The van der Waals surface area contributed by atoms with Crippen LogP contribution in [0, 0.1) is 0 Å². The van der Waals surface area contributed by atoms with E-state index < -0.39 is 0 Å². The number of thioether (sulfide) groups is 1. The molecule has 1 atom stereocenters. The van der Waals surface area contributed by atoms with Gasteiger partial charge in [-0.25, -0.2) is 0 Å². The quantitative estimate of drug-likeness (QED) is 0.594. The van der Waals surface area contributed by atoms with E-state index in [-0.39, 0.29) is 0 Å². The first kappa shape index (κ1) is 9.07. The van der Waals surface area contributed by atoms with Gasteiger partial charge in [-0.05, 0) is 6.92 Å². The first-order valence-corrected chi connectivity index (χ1v) is 5.25. The fourth-order valence-electron chi connectivity index (χ4n) is 1.31. The lowest BCUT2D eigenvalue weighted by Crippen LogP contribution is -2.39. The minimum atomic E-state index is 0.452. The van der Waals surface area contributed by atoms with E-state index >= 15 is 0 Å². The predicted octanol–water partition coefficient (Wildman–Crippen LogP) is 1.01. The lowest BCUT2D eigenvalue weighted by molar-refractivity contribution is -0.108. The maximum Gasteiger partial charge on any atom is 0.121 e. The summed E-state index contributed by atoms with van der Waals surface area (Å²) in [5.41, 5.74) is 0. The van der Waals surface area contributed by atoms with Crippen molar-refractivity contribution in [2.24, 2.45) is 0 Å². The van der Waals surface area contributed by atoms with Crippen LogP contribution < -0.4 is 0 Å². The molecule has 2 nitrogen and oxygen atoms in total. The van der Waals surface area contributed by atoms with E-state index in [1.807, 2.05) is 11.8 Å². The molecule has 3 heteroatoms. The molecule has 0 saturated carbocycles. The van der Waals surface area contributed by atoms with Crippen LogP contribution in [-0.2, 0) is 4.79 Å². The third kappa shape index (κ3) is 2.83. The van der Waals surface area contributed by atoms with Gasteiger partial charge in [0.2, 0.25) is 0 Å². The first-order chi connectivity index (χ1) is 5.34. The molecule has 1 aliphatic rings. The number of rotatable bonds is 3. The van der Waals surface area contributed by atoms with Crippen LogP contribution in [0.4, 0.5) is 0 Å². The van der Waals surface area contributed by atoms with Gasteiger partial charge in [0.25, 0.3) is 0 Å². The van der Waals surface area contributed by atoms with Gasteiger partial charge in [0, 0.05) is 37.1 Å². The second-order valence-electron chi connectivity index (χ2n) is 2.90. The van der Waals surface area contributed by atoms with E-state index in [0.717, 1.165) is 19.4 Å². The standard InChI is InChI=1S/C8H15NOS/c1-8(2-5-10)9-3-6-11-7-4-9/h5,8H,2-4,6-7H2,1H3. The molecule has 1 heterocycles. The number of hydrogen-bond acceptors (Lipinski definition) is 3. The zero-order valence-corrected chi connectivity index (χ0v) is 7.77. The Morgan fingerprint density at radius 1 is 1.55 bits per heavy atom. The Kier molecular flexibility index (Phi) is 3.94. The second-order valence-corrected chi connectivity index (χ2v) is 4.12. The highest BCUT2D eigenvalue weighted by Crippen LogP contribution is 2.12. The summed E-state index contributed by atoms with van der Waals surface area (Å²) in [5.74, 6) is 2.45. The van der Waals surface area contributed by atoms with E-state index in [1.54, 1.807) is 0 Å². The van der Waals surface area contributed by atoms with Crippen LogP contribution in [0.25, 0.3) is 0 Å². The van der Waals surface area contributed by atoms with Crippen molar-refractivity contribution in [1.82, 2.24) is 4.90 Å². The lowest BCUT2D eigenvalue weighted by Gasteiger charge is -2.30. The van der Waals surface area contributed by atoms with Crippen molar-refractivity contribution in [3.63, 3.8) is 0 Å². The molecule has 64 valence electrons. The molecule has 1 fully saturated rings. The molecule has 0 bridgehead atoms. The SMILES string of the molecule is CC(CC=O)N1CCSCC1. The zero-order chi connectivity index (χ0) is 8.10. The van der Waals surface area contributed by atoms with Gasteiger partial charge in [0.1, 0.15) is 6.29 Å². The van der Waals surface area contributed by atoms with E-state index in [4.69, 9.17) is 0 Å². The molecule has 0 aliphatic carbocycles. The van der Waals surface area contributed by atoms with Gasteiger partial charge >= 0.3 is 0 Å². The Labute approximate surface area is 72.3 Å². The Morgan fingerprint density at radius 2 is 2.18 bits per heavy atom.